The maximum absolute atomic E-state index is 13.2. The van der Waals surface area contributed by atoms with Crippen LogP contribution in [0.2, 0.25) is 0 Å². The number of hydrogen-bond donors (Lipinski definition) is 2. The summed E-state index contributed by atoms with van der Waals surface area (Å²) in [6.07, 6.45) is 3.27. The van der Waals surface area contributed by atoms with Crippen molar-refractivity contribution in [3.05, 3.63) is 29.9 Å². The van der Waals surface area contributed by atoms with Gasteiger partial charge in [0.2, 0.25) is 5.95 Å². The Labute approximate surface area is 205 Å². The van der Waals surface area contributed by atoms with Crippen molar-refractivity contribution in [3.8, 4) is 5.75 Å². The van der Waals surface area contributed by atoms with Crippen molar-refractivity contribution in [2.45, 2.75) is 26.8 Å². The lowest BCUT2D eigenvalue weighted by atomic mass is 10.1. The molecule has 0 aliphatic carbocycles. The smallest absolute Gasteiger partial charge is 0.252 e. The molecule has 13 heteroatoms. The summed E-state index contributed by atoms with van der Waals surface area (Å²) in [5.41, 5.74) is 0. The molecule has 0 unspecified atom stereocenters. The number of alkyl halides is 1. The van der Waals surface area contributed by atoms with Crippen LogP contribution in [0.3, 0.4) is 0 Å². The van der Waals surface area contributed by atoms with E-state index in [1.54, 1.807) is 17.5 Å². The molecular formula is C19H26IN5O5S2. The number of aromatic hydroxyl groups is 1. The molecule has 10 nitrogen and oxygen atoms in total. The molecule has 0 radical (unpaired) electrons. The Balaban J connectivity index is 1.61. The molecule has 0 spiro atoms. The molecule has 0 aromatic carbocycles. The summed E-state index contributed by atoms with van der Waals surface area (Å²) in [6.45, 7) is 2.77. The lowest BCUT2D eigenvalue weighted by Crippen LogP contribution is -2.62. The van der Waals surface area contributed by atoms with Crippen molar-refractivity contribution < 1.29 is 23.4 Å². The average molecular weight is 595 g/mol. The predicted octanol–water partition coefficient (Wildman–Crippen LogP) is 0.968. The molecule has 2 aromatic rings. The van der Waals surface area contributed by atoms with Gasteiger partial charge in [-0.05, 0) is 17.9 Å². The van der Waals surface area contributed by atoms with E-state index < -0.39 is 10.0 Å². The van der Waals surface area contributed by atoms with Crippen molar-refractivity contribution in [2.75, 3.05) is 50.9 Å². The highest BCUT2D eigenvalue weighted by Gasteiger charge is 2.39. The molecule has 2 aliphatic heterocycles. The third-order valence-electron chi connectivity index (χ3n) is 5.69. The van der Waals surface area contributed by atoms with E-state index >= 15 is 0 Å². The van der Waals surface area contributed by atoms with E-state index in [1.165, 1.54) is 28.0 Å². The molecule has 3 atom stereocenters. The van der Waals surface area contributed by atoms with Gasteiger partial charge in [0.05, 0.1) is 35.7 Å². The van der Waals surface area contributed by atoms with Gasteiger partial charge in [0, 0.05) is 38.8 Å². The standard InChI is InChI=1S/C19H26IN5O5S2/c20-17-13-30-12-14(3-6-26)25(17)11-15-10-23(32(28,29)18-2-1-7-31-18)4-5-24(15)19-21-8-16(27)9-22-19/h1-2,7-9,14-15,17,26-27H,3-6,10-13H2/t14-,15+,17-/m0/s1. The maximum atomic E-state index is 13.2. The lowest BCUT2D eigenvalue weighted by molar-refractivity contribution is -0.0259. The molecule has 176 valence electrons. The second-order valence-electron chi connectivity index (χ2n) is 7.72. The number of aliphatic hydroxyl groups is 1. The quantitative estimate of drug-likeness (QED) is 0.274. The first-order valence-corrected chi connectivity index (χ1v) is 13.9. The van der Waals surface area contributed by atoms with Gasteiger partial charge < -0.3 is 19.8 Å². The topological polar surface area (TPSA) is 119 Å². The number of morpholine rings is 1. The summed E-state index contributed by atoms with van der Waals surface area (Å²) in [4.78, 5) is 12.8. The number of nitrogens with zero attached hydrogens (tertiary/aromatic N) is 5. The normalized spacial score (nSPS) is 25.8. The number of hydrogen-bond acceptors (Lipinski definition) is 10. The fraction of sp³-hybridized carbons (Fsp3) is 0.579. The second kappa shape index (κ2) is 10.4. The van der Waals surface area contributed by atoms with Crippen LogP contribution in [-0.4, -0.2) is 99.9 Å². The zero-order chi connectivity index (χ0) is 22.7. The molecule has 2 aromatic heterocycles. The fourth-order valence-corrected chi connectivity index (χ4v) is 7.64. The van der Waals surface area contributed by atoms with E-state index in [0.29, 0.717) is 49.4 Å². The van der Waals surface area contributed by atoms with Gasteiger partial charge in [-0.1, -0.05) is 28.7 Å². The summed E-state index contributed by atoms with van der Waals surface area (Å²) >= 11 is 3.55. The molecule has 32 heavy (non-hydrogen) atoms. The van der Waals surface area contributed by atoms with Crippen molar-refractivity contribution in [3.63, 3.8) is 0 Å². The number of piperazine rings is 1. The number of rotatable bonds is 7. The number of aromatic nitrogens is 2. The van der Waals surface area contributed by atoms with Gasteiger partial charge in [-0.2, -0.15) is 4.31 Å². The van der Waals surface area contributed by atoms with E-state index in [-0.39, 0.29) is 35.0 Å². The van der Waals surface area contributed by atoms with Crippen LogP contribution in [-0.2, 0) is 14.8 Å². The zero-order valence-corrected chi connectivity index (χ0v) is 21.1. The van der Waals surface area contributed by atoms with Gasteiger partial charge in [-0.3, -0.25) is 4.90 Å². The lowest BCUT2D eigenvalue weighted by Gasteiger charge is -2.46. The Kier molecular flexibility index (Phi) is 7.85. The van der Waals surface area contributed by atoms with Gasteiger partial charge in [0.25, 0.3) is 10.0 Å². The molecule has 4 heterocycles. The molecular weight excluding hydrogens is 569 g/mol. The second-order valence-corrected chi connectivity index (χ2v) is 12.3. The van der Waals surface area contributed by atoms with E-state index in [4.69, 9.17) is 4.74 Å². The first-order valence-electron chi connectivity index (χ1n) is 10.3. The average Bonchev–Trinajstić information content (AvgIpc) is 3.33. The van der Waals surface area contributed by atoms with Crippen LogP contribution < -0.4 is 4.90 Å². The molecule has 4 rings (SSSR count). The fourth-order valence-electron chi connectivity index (χ4n) is 4.09. The highest BCUT2D eigenvalue weighted by atomic mass is 127. The van der Waals surface area contributed by atoms with Crippen molar-refractivity contribution in [1.82, 2.24) is 19.2 Å². The number of anilines is 1. The van der Waals surface area contributed by atoms with Crippen LogP contribution in [0.4, 0.5) is 5.95 Å². The summed E-state index contributed by atoms with van der Waals surface area (Å²) in [6, 6.07) is 3.20. The highest BCUT2D eigenvalue weighted by molar-refractivity contribution is 14.1. The van der Waals surface area contributed by atoms with Crippen LogP contribution in [0.25, 0.3) is 0 Å². The first kappa shape index (κ1) is 24.0. The van der Waals surface area contributed by atoms with Crippen molar-refractivity contribution in [2.24, 2.45) is 0 Å². The van der Waals surface area contributed by atoms with Gasteiger partial charge in [0.1, 0.15) is 4.21 Å². The number of ether oxygens (including phenoxy) is 1. The molecule has 0 bridgehead atoms. The molecule has 0 amide bonds. The Morgan fingerprint density at radius 2 is 2.00 bits per heavy atom. The Morgan fingerprint density at radius 1 is 1.22 bits per heavy atom. The van der Waals surface area contributed by atoms with Crippen molar-refractivity contribution >= 4 is 49.9 Å². The first-order chi connectivity index (χ1) is 15.4. The third-order valence-corrected chi connectivity index (χ3v) is 10.0. The Hall–Kier alpha value is -1.10. The maximum Gasteiger partial charge on any atom is 0.252 e. The van der Waals surface area contributed by atoms with Gasteiger partial charge in [-0.15, -0.1) is 11.3 Å². The van der Waals surface area contributed by atoms with Crippen molar-refractivity contribution in [1.29, 1.82) is 0 Å². The van der Waals surface area contributed by atoms with Gasteiger partial charge in [0.15, 0.2) is 5.75 Å². The Morgan fingerprint density at radius 3 is 2.69 bits per heavy atom. The van der Waals surface area contributed by atoms with Crippen LogP contribution in [0, 0.1) is 0 Å². The minimum atomic E-state index is -3.58. The number of halogens is 1. The van der Waals surface area contributed by atoms with E-state index in [9.17, 15) is 18.6 Å². The van der Waals surface area contributed by atoms with Crippen LogP contribution >= 0.6 is 33.9 Å². The van der Waals surface area contributed by atoms with E-state index in [1.807, 2.05) is 4.90 Å². The third kappa shape index (κ3) is 5.18. The van der Waals surface area contributed by atoms with Gasteiger partial charge in [-0.25, -0.2) is 18.4 Å². The van der Waals surface area contributed by atoms with E-state index in [0.717, 1.165) is 0 Å². The minimum absolute atomic E-state index is 0.0206. The molecule has 2 fully saturated rings. The largest absolute Gasteiger partial charge is 0.505 e. The van der Waals surface area contributed by atoms with Crippen LogP contribution in [0.1, 0.15) is 6.42 Å². The van der Waals surface area contributed by atoms with Crippen LogP contribution in [0.15, 0.2) is 34.1 Å². The summed E-state index contributed by atoms with van der Waals surface area (Å²) in [5.74, 6) is 0.436. The summed E-state index contributed by atoms with van der Waals surface area (Å²) < 4.78 is 34.0. The SMILES string of the molecule is O=S(=O)(c1cccs1)N1CCN(c2ncc(O)cn2)[C@@H](CN2[C@@H](CCO)COC[C@H]2I)C1. The molecule has 2 N–H and O–H groups in total. The summed E-state index contributed by atoms with van der Waals surface area (Å²) in [7, 11) is -3.58. The highest BCUT2D eigenvalue weighted by Crippen LogP contribution is 2.28. The minimum Gasteiger partial charge on any atom is -0.505 e. The Bertz CT molecular complexity index is 977. The zero-order valence-electron chi connectivity index (χ0n) is 17.3. The van der Waals surface area contributed by atoms with E-state index in [2.05, 4.69) is 37.5 Å². The number of thiophene rings is 1. The molecule has 2 aliphatic rings. The predicted molar refractivity (Wildman–Crippen MR) is 129 cm³/mol. The summed E-state index contributed by atoms with van der Waals surface area (Å²) in [5, 5.41) is 20.9. The number of aliphatic hydroxyl groups excluding tert-OH is 1. The molecule has 0 saturated carbocycles. The van der Waals surface area contributed by atoms with Gasteiger partial charge >= 0.3 is 0 Å². The number of sulfonamides is 1. The monoisotopic (exact) mass is 595 g/mol. The van der Waals surface area contributed by atoms with Crippen LogP contribution in [0.5, 0.6) is 5.75 Å². The molecule has 2 saturated heterocycles.